The van der Waals surface area contributed by atoms with Gasteiger partial charge in [-0.15, -0.1) is 0 Å². The number of amides is 1. The van der Waals surface area contributed by atoms with Crippen molar-refractivity contribution in [3.8, 4) is 0 Å². The predicted molar refractivity (Wildman–Crippen MR) is 92.6 cm³/mol. The number of alkyl halides is 3. The molecule has 0 radical (unpaired) electrons. The van der Waals surface area contributed by atoms with E-state index in [4.69, 9.17) is 0 Å². The lowest BCUT2D eigenvalue weighted by Gasteiger charge is -2.19. The Morgan fingerprint density at radius 1 is 1.19 bits per heavy atom. The Hall–Kier alpha value is -2.31. The molecule has 1 atom stereocenters. The minimum Gasteiger partial charge on any atom is -0.327 e. The van der Waals surface area contributed by atoms with Crippen LogP contribution in [-0.4, -0.2) is 10.5 Å². The molecule has 0 fully saturated rings. The number of nitrogens with one attached hydrogen (secondary N) is 1. The lowest BCUT2D eigenvalue weighted by Crippen LogP contribution is -2.19. The highest BCUT2D eigenvalue weighted by atomic mass is 19.4. The number of hydrogen-bond donors (Lipinski definition) is 1. The van der Waals surface area contributed by atoms with Gasteiger partial charge in [-0.25, -0.2) is 0 Å². The lowest BCUT2D eigenvalue weighted by atomic mass is 9.91. The molecule has 1 N–H and O–H groups in total. The van der Waals surface area contributed by atoms with Crippen LogP contribution in [-0.2, 0) is 13.2 Å². The fraction of sp³-hybridized carbons (Fsp3) is 0.421. The minimum atomic E-state index is -4.82. The highest BCUT2D eigenvalue weighted by Crippen LogP contribution is 2.35. The van der Waals surface area contributed by atoms with E-state index in [2.05, 4.69) is 19.2 Å². The third-order valence-electron chi connectivity index (χ3n) is 4.21. The Kier molecular flexibility index (Phi) is 5.78. The van der Waals surface area contributed by atoms with Crippen molar-refractivity contribution < 1.29 is 22.4 Å². The number of para-hydroxylation sites is 1. The highest BCUT2D eigenvalue weighted by molar-refractivity contribution is 6.06. The minimum absolute atomic E-state index is 0.0919. The molecule has 1 unspecified atom stereocenters. The summed E-state index contributed by atoms with van der Waals surface area (Å²) in [6.07, 6.45) is -3.39. The number of aryl methyl sites for hydroxylation is 1. The third kappa shape index (κ3) is 4.26. The fourth-order valence-corrected chi connectivity index (χ4v) is 3.09. The Labute approximate surface area is 150 Å². The van der Waals surface area contributed by atoms with Crippen LogP contribution in [0.3, 0.4) is 0 Å². The van der Waals surface area contributed by atoms with Crippen molar-refractivity contribution in [3.05, 3.63) is 53.1 Å². The molecule has 0 saturated heterocycles. The van der Waals surface area contributed by atoms with Crippen LogP contribution < -0.4 is 5.32 Å². The van der Waals surface area contributed by atoms with E-state index >= 15 is 0 Å². The molecule has 0 aliphatic rings. The van der Waals surface area contributed by atoms with E-state index in [0.717, 1.165) is 19.0 Å². The number of benzene rings is 1. The summed E-state index contributed by atoms with van der Waals surface area (Å²) in [6, 6.07) is 6.89. The van der Waals surface area contributed by atoms with Crippen LogP contribution >= 0.6 is 0 Å². The average molecular weight is 370 g/mol. The van der Waals surface area contributed by atoms with Gasteiger partial charge in [-0.1, -0.05) is 39.0 Å². The van der Waals surface area contributed by atoms with Crippen LogP contribution in [0, 0.1) is 11.9 Å². The van der Waals surface area contributed by atoms with E-state index in [9.17, 15) is 22.4 Å². The number of rotatable bonds is 5. The van der Waals surface area contributed by atoms with E-state index in [1.807, 2.05) is 13.0 Å². The fourth-order valence-electron chi connectivity index (χ4n) is 3.09. The maximum absolute atomic E-state index is 14.1. The Bertz CT molecular complexity index is 793. The molecule has 26 heavy (non-hydrogen) atoms. The molecular weight excluding hydrogens is 348 g/mol. The van der Waals surface area contributed by atoms with Crippen LogP contribution in [0.15, 0.2) is 30.5 Å². The molecule has 0 aliphatic carbocycles. The van der Waals surface area contributed by atoms with Crippen LogP contribution in [0.1, 0.15) is 54.6 Å². The van der Waals surface area contributed by atoms with Crippen molar-refractivity contribution in [2.45, 2.75) is 39.3 Å². The van der Waals surface area contributed by atoms with Gasteiger partial charge in [0.15, 0.2) is 0 Å². The zero-order valence-corrected chi connectivity index (χ0v) is 15.1. The van der Waals surface area contributed by atoms with Gasteiger partial charge in [0.2, 0.25) is 5.95 Å². The molecule has 2 rings (SSSR count). The highest BCUT2D eigenvalue weighted by Gasteiger charge is 2.39. The first kappa shape index (κ1) is 20.0. The van der Waals surface area contributed by atoms with Gasteiger partial charge in [0.05, 0.1) is 5.56 Å². The van der Waals surface area contributed by atoms with Crippen molar-refractivity contribution in [3.63, 3.8) is 0 Å². The summed E-state index contributed by atoms with van der Waals surface area (Å²) in [4.78, 5) is 12.4. The van der Waals surface area contributed by atoms with Gasteiger partial charge >= 0.3 is 6.18 Å². The summed E-state index contributed by atoms with van der Waals surface area (Å²) in [6.45, 7) is 6.11. The van der Waals surface area contributed by atoms with Gasteiger partial charge in [0, 0.05) is 18.9 Å². The van der Waals surface area contributed by atoms with Crippen LogP contribution in [0.4, 0.5) is 23.2 Å². The number of anilines is 1. The average Bonchev–Trinajstić information content (AvgIpc) is 2.83. The quantitative estimate of drug-likeness (QED) is 0.685. The van der Waals surface area contributed by atoms with Crippen molar-refractivity contribution in [2.24, 2.45) is 13.0 Å². The summed E-state index contributed by atoms with van der Waals surface area (Å²) < 4.78 is 54.2. The summed E-state index contributed by atoms with van der Waals surface area (Å²) in [5, 5.41) is 2.46. The molecule has 2 aromatic rings. The molecular formula is C19H22F4N2O. The number of hydrogen-bond acceptors (Lipinski definition) is 1. The molecule has 142 valence electrons. The standard InChI is InChI=1S/C19H22F4N2O/c1-11(2)9-12(3)13-7-5-6-8-15(13)24-18(26)16-14(19(21,22)23)10-25(4)17(16)20/h5-8,10-12H,9H2,1-4H3,(H,24,26). The van der Waals surface area contributed by atoms with E-state index in [1.54, 1.807) is 18.2 Å². The Balaban J connectivity index is 2.38. The number of nitrogens with zero attached hydrogens (tertiary/aromatic N) is 1. The van der Waals surface area contributed by atoms with E-state index in [0.29, 0.717) is 22.4 Å². The van der Waals surface area contributed by atoms with E-state index in [-0.39, 0.29) is 5.92 Å². The molecule has 1 amide bonds. The third-order valence-corrected chi connectivity index (χ3v) is 4.21. The van der Waals surface area contributed by atoms with Crippen molar-refractivity contribution in [1.29, 1.82) is 0 Å². The lowest BCUT2D eigenvalue weighted by molar-refractivity contribution is -0.137. The van der Waals surface area contributed by atoms with Crippen molar-refractivity contribution in [1.82, 2.24) is 4.57 Å². The first-order chi connectivity index (χ1) is 12.0. The second-order valence-corrected chi connectivity index (χ2v) is 6.89. The second kappa shape index (κ2) is 7.51. The summed E-state index contributed by atoms with van der Waals surface area (Å²) in [5.41, 5.74) is -1.09. The predicted octanol–water partition coefficient (Wildman–Crippen LogP) is 5.58. The molecule has 0 saturated carbocycles. The van der Waals surface area contributed by atoms with Crippen molar-refractivity contribution in [2.75, 3.05) is 5.32 Å². The molecule has 3 nitrogen and oxygen atoms in total. The zero-order valence-electron chi connectivity index (χ0n) is 15.1. The zero-order chi connectivity index (χ0) is 19.6. The van der Waals surface area contributed by atoms with Gasteiger partial charge in [-0.3, -0.25) is 4.79 Å². The topological polar surface area (TPSA) is 34.0 Å². The molecule has 1 heterocycles. The largest absolute Gasteiger partial charge is 0.418 e. The molecule has 7 heteroatoms. The smallest absolute Gasteiger partial charge is 0.327 e. The first-order valence-electron chi connectivity index (χ1n) is 8.34. The van der Waals surface area contributed by atoms with Gasteiger partial charge in [0.1, 0.15) is 5.56 Å². The normalized spacial score (nSPS) is 13.1. The SMILES string of the molecule is CC(C)CC(C)c1ccccc1NC(=O)c1c(C(F)(F)F)cn(C)c1F. The molecule has 0 aliphatic heterocycles. The van der Waals surface area contributed by atoms with Crippen LogP contribution in [0.2, 0.25) is 0 Å². The Morgan fingerprint density at radius 2 is 1.81 bits per heavy atom. The maximum atomic E-state index is 14.1. The monoisotopic (exact) mass is 370 g/mol. The van der Waals surface area contributed by atoms with E-state index in [1.165, 1.54) is 0 Å². The number of carbonyl (C=O) groups is 1. The summed E-state index contributed by atoms with van der Waals surface area (Å²) in [7, 11) is 1.13. The maximum Gasteiger partial charge on any atom is 0.418 e. The van der Waals surface area contributed by atoms with Crippen LogP contribution in [0.25, 0.3) is 0 Å². The van der Waals surface area contributed by atoms with E-state index < -0.39 is 29.2 Å². The van der Waals surface area contributed by atoms with Gasteiger partial charge in [-0.05, 0) is 29.9 Å². The molecule has 0 spiro atoms. The van der Waals surface area contributed by atoms with Crippen LogP contribution in [0.5, 0.6) is 0 Å². The van der Waals surface area contributed by atoms with Crippen molar-refractivity contribution >= 4 is 11.6 Å². The van der Waals surface area contributed by atoms with Gasteiger partial charge in [0.25, 0.3) is 5.91 Å². The molecule has 1 aromatic heterocycles. The first-order valence-corrected chi connectivity index (χ1v) is 8.34. The summed E-state index contributed by atoms with van der Waals surface area (Å²) in [5.74, 6) is -1.83. The van der Waals surface area contributed by atoms with Gasteiger partial charge < -0.3 is 9.88 Å². The molecule has 0 bridgehead atoms. The second-order valence-electron chi connectivity index (χ2n) is 6.89. The number of halogens is 4. The summed E-state index contributed by atoms with van der Waals surface area (Å²) >= 11 is 0. The number of carbonyl (C=O) groups excluding carboxylic acids is 1. The Morgan fingerprint density at radius 3 is 2.38 bits per heavy atom. The molecule has 1 aromatic carbocycles. The number of aromatic nitrogens is 1. The van der Waals surface area contributed by atoms with Gasteiger partial charge in [-0.2, -0.15) is 17.6 Å².